The first-order chi connectivity index (χ1) is 7.81. The summed E-state index contributed by atoms with van der Waals surface area (Å²) in [5.41, 5.74) is 0. The standard InChI is InChI=1S/C14H30N2/c1-4-7-14(8-5-2)16-10-6-9-13(12-16)11-15-3/h13-15H,4-12H2,1-3H3. The van der Waals surface area contributed by atoms with Gasteiger partial charge < -0.3 is 10.2 Å². The van der Waals surface area contributed by atoms with E-state index in [0.717, 1.165) is 12.0 Å². The normalized spacial score (nSPS) is 22.9. The van der Waals surface area contributed by atoms with E-state index in [-0.39, 0.29) is 0 Å². The van der Waals surface area contributed by atoms with Crippen LogP contribution in [-0.2, 0) is 0 Å². The Labute approximate surface area is 102 Å². The molecule has 1 unspecified atom stereocenters. The summed E-state index contributed by atoms with van der Waals surface area (Å²) in [6.45, 7) is 8.49. The predicted octanol–water partition coefficient (Wildman–Crippen LogP) is 2.89. The lowest BCUT2D eigenvalue weighted by atomic mass is 9.94. The van der Waals surface area contributed by atoms with E-state index < -0.39 is 0 Å². The summed E-state index contributed by atoms with van der Waals surface area (Å²) in [7, 11) is 2.08. The van der Waals surface area contributed by atoms with Gasteiger partial charge in [0.05, 0.1) is 0 Å². The van der Waals surface area contributed by atoms with Crippen LogP contribution in [0, 0.1) is 5.92 Å². The molecule has 2 nitrogen and oxygen atoms in total. The highest BCUT2D eigenvalue weighted by Gasteiger charge is 2.24. The van der Waals surface area contributed by atoms with Crippen molar-refractivity contribution in [2.24, 2.45) is 5.92 Å². The Kier molecular flexibility index (Phi) is 7.06. The Hall–Kier alpha value is -0.0800. The van der Waals surface area contributed by atoms with Crippen molar-refractivity contribution in [1.29, 1.82) is 0 Å². The SMILES string of the molecule is CCCC(CCC)N1CCCC(CNC)C1. The molecular weight excluding hydrogens is 196 g/mol. The minimum Gasteiger partial charge on any atom is -0.319 e. The van der Waals surface area contributed by atoms with Crippen LogP contribution in [0.2, 0.25) is 0 Å². The van der Waals surface area contributed by atoms with E-state index >= 15 is 0 Å². The molecule has 0 aromatic carbocycles. The van der Waals surface area contributed by atoms with Crippen LogP contribution >= 0.6 is 0 Å². The summed E-state index contributed by atoms with van der Waals surface area (Å²) in [5.74, 6) is 0.884. The number of piperidine rings is 1. The molecule has 1 fully saturated rings. The molecule has 1 heterocycles. The van der Waals surface area contributed by atoms with Gasteiger partial charge in [-0.3, -0.25) is 0 Å². The van der Waals surface area contributed by atoms with Crippen LogP contribution in [0.15, 0.2) is 0 Å². The summed E-state index contributed by atoms with van der Waals surface area (Å²) in [6, 6.07) is 0.856. The maximum absolute atomic E-state index is 3.33. The van der Waals surface area contributed by atoms with Crippen LogP contribution < -0.4 is 5.32 Å². The average Bonchev–Trinajstić information content (AvgIpc) is 2.30. The van der Waals surface area contributed by atoms with Crippen molar-refractivity contribution in [3.8, 4) is 0 Å². The molecule has 0 amide bonds. The molecule has 0 aliphatic carbocycles. The van der Waals surface area contributed by atoms with Crippen molar-refractivity contribution < 1.29 is 0 Å². The third-order valence-corrected chi connectivity index (χ3v) is 3.80. The van der Waals surface area contributed by atoms with Gasteiger partial charge in [0.2, 0.25) is 0 Å². The van der Waals surface area contributed by atoms with E-state index in [9.17, 15) is 0 Å². The lowest BCUT2D eigenvalue weighted by Crippen LogP contribution is -2.44. The molecule has 0 aromatic heterocycles. The highest BCUT2D eigenvalue weighted by atomic mass is 15.2. The molecule has 1 aliphatic heterocycles. The molecule has 0 bridgehead atoms. The van der Waals surface area contributed by atoms with E-state index in [2.05, 4.69) is 31.1 Å². The van der Waals surface area contributed by atoms with E-state index in [4.69, 9.17) is 0 Å². The van der Waals surface area contributed by atoms with Crippen molar-refractivity contribution in [2.75, 3.05) is 26.7 Å². The number of hydrogen-bond acceptors (Lipinski definition) is 2. The van der Waals surface area contributed by atoms with Crippen molar-refractivity contribution in [2.45, 2.75) is 58.4 Å². The first-order valence-corrected chi connectivity index (χ1v) is 7.20. The molecule has 0 aromatic rings. The highest BCUT2D eigenvalue weighted by Crippen LogP contribution is 2.22. The van der Waals surface area contributed by atoms with Crippen LogP contribution in [0.3, 0.4) is 0 Å². The predicted molar refractivity (Wildman–Crippen MR) is 71.8 cm³/mol. The van der Waals surface area contributed by atoms with Gasteiger partial charge in [-0.05, 0) is 51.7 Å². The number of likely N-dealkylation sites (tertiary alicyclic amines) is 1. The summed E-state index contributed by atoms with van der Waals surface area (Å²) in [5, 5.41) is 3.33. The molecular formula is C14H30N2. The lowest BCUT2D eigenvalue weighted by Gasteiger charge is -2.38. The summed E-state index contributed by atoms with van der Waals surface area (Å²) in [4.78, 5) is 2.76. The van der Waals surface area contributed by atoms with Crippen LogP contribution in [-0.4, -0.2) is 37.6 Å². The molecule has 1 atom stereocenters. The van der Waals surface area contributed by atoms with Gasteiger partial charge in [-0.15, -0.1) is 0 Å². The largest absolute Gasteiger partial charge is 0.319 e. The maximum atomic E-state index is 3.33. The van der Waals surface area contributed by atoms with Gasteiger partial charge in [-0.1, -0.05) is 26.7 Å². The second-order valence-corrected chi connectivity index (χ2v) is 5.29. The summed E-state index contributed by atoms with van der Waals surface area (Å²) < 4.78 is 0. The zero-order chi connectivity index (χ0) is 11.8. The van der Waals surface area contributed by atoms with E-state index in [1.165, 1.54) is 58.2 Å². The number of hydrogen-bond donors (Lipinski definition) is 1. The number of rotatable bonds is 7. The topological polar surface area (TPSA) is 15.3 Å². The molecule has 1 rings (SSSR count). The Bertz CT molecular complexity index is 162. The van der Waals surface area contributed by atoms with Crippen LogP contribution in [0.5, 0.6) is 0 Å². The zero-order valence-electron chi connectivity index (χ0n) is 11.5. The fourth-order valence-corrected chi connectivity index (χ4v) is 3.06. The van der Waals surface area contributed by atoms with Crippen LogP contribution in [0.4, 0.5) is 0 Å². The van der Waals surface area contributed by atoms with Crippen molar-refractivity contribution in [3.63, 3.8) is 0 Å². The van der Waals surface area contributed by atoms with Crippen LogP contribution in [0.1, 0.15) is 52.4 Å². The highest BCUT2D eigenvalue weighted by molar-refractivity contribution is 4.79. The third-order valence-electron chi connectivity index (χ3n) is 3.80. The minimum absolute atomic E-state index is 0.856. The Balaban J connectivity index is 2.42. The fraction of sp³-hybridized carbons (Fsp3) is 1.00. The molecule has 16 heavy (non-hydrogen) atoms. The monoisotopic (exact) mass is 226 g/mol. The van der Waals surface area contributed by atoms with Gasteiger partial charge in [0.1, 0.15) is 0 Å². The van der Waals surface area contributed by atoms with Gasteiger partial charge in [-0.2, -0.15) is 0 Å². The van der Waals surface area contributed by atoms with E-state index in [1.807, 2.05) is 0 Å². The Morgan fingerprint density at radius 1 is 1.25 bits per heavy atom. The van der Waals surface area contributed by atoms with Gasteiger partial charge in [-0.25, -0.2) is 0 Å². The number of nitrogens with zero attached hydrogens (tertiary/aromatic N) is 1. The van der Waals surface area contributed by atoms with Crippen molar-refractivity contribution in [3.05, 3.63) is 0 Å². The van der Waals surface area contributed by atoms with E-state index in [0.29, 0.717) is 0 Å². The first kappa shape index (κ1) is 14.0. The molecule has 2 heteroatoms. The van der Waals surface area contributed by atoms with Crippen molar-refractivity contribution in [1.82, 2.24) is 10.2 Å². The molecule has 96 valence electrons. The average molecular weight is 226 g/mol. The van der Waals surface area contributed by atoms with Crippen molar-refractivity contribution >= 4 is 0 Å². The van der Waals surface area contributed by atoms with Gasteiger partial charge in [0.25, 0.3) is 0 Å². The van der Waals surface area contributed by atoms with Crippen LogP contribution in [0.25, 0.3) is 0 Å². The Morgan fingerprint density at radius 3 is 2.50 bits per heavy atom. The third kappa shape index (κ3) is 4.42. The van der Waals surface area contributed by atoms with Gasteiger partial charge in [0, 0.05) is 12.6 Å². The smallest absolute Gasteiger partial charge is 0.00951 e. The zero-order valence-corrected chi connectivity index (χ0v) is 11.5. The lowest BCUT2D eigenvalue weighted by molar-refractivity contribution is 0.110. The van der Waals surface area contributed by atoms with Gasteiger partial charge in [0.15, 0.2) is 0 Å². The molecule has 0 saturated carbocycles. The second kappa shape index (κ2) is 8.08. The summed E-state index contributed by atoms with van der Waals surface area (Å²) >= 11 is 0. The quantitative estimate of drug-likeness (QED) is 0.718. The second-order valence-electron chi connectivity index (χ2n) is 5.29. The fourth-order valence-electron chi connectivity index (χ4n) is 3.06. The van der Waals surface area contributed by atoms with E-state index in [1.54, 1.807) is 0 Å². The molecule has 0 radical (unpaired) electrons. The first-order valence-electron chi connectivity index (χ1n) is 7.20. The Morgan fingerprint density at radius 2 is 1.94 bits per heavy atom. The summed E-state index contributed by atoms with van der Waals surface area (Å²) in [6.07, 6.45) is 8.26. The molecule has 1 aliphatic rings. The minimum atomic E-state index is 0.856. The number of nitrogens with one attached hydrogen (secondary N) is 1. The molecule has 0 spiro atoms. The van der Waals surface area contributed by atoms with Gasteiger partial charge >= 0.3 is 0 Å². The molecule has 1 saturated heterocycles. The maximum Gasteiger partial charge on any atom is 0.00951 e. The molecule has 1 N–H and O–H groups in total.